The van der Waals surface area contributed by atoms with Gasteiger partial charge in [-0.15, -0.1) is 0 Å². The quantitative estimate of drug-likeness (QED) is 0.104. The Balaban J connectivity index is 2.45. The largest absolute Gasteiger partial charge is 0.508 e. The first-order chi connectivity index (χ1) is 16.5. The fourth-order valence-electron chi connectivity index (χ4n) is 3.26. The molecule has 0 N–H and O–H groups in total. The first-order valence-electron chi connectivity index (χ1n) is 12.3. The van der Waals surface area contributed by atoms with Crippen molar-refractivity contribution in [1.29, 1.82) is 0 Å². The molecule has 1 rings (SSSR count). The molecule has 0 heterocycles. The third kappa shape index (κ3) is 13.7. The Morgan fingerprint density at radius 2 is 1.65 bits per heavy atom. The van der Waals surface area contributed by atoms with Crippen molar-refractivity contribution in [2.24, 2.45) is 0 Å². The van der Waals surface area contributed by atoms with Crippen LogP contribution < -0.4 is 4.74 Å². The Labute approximate surface area is 203 Å². The number of esters is 1. The Hall–Kier alpha value is -2.83. The van der Waals surface area contributed by atoms with Crippen LogP contribution in [0.2, 0.25) is 0 Å². The van der Waals surface area contributed by atoms with Gasteiger partial charge in [-0.05, 0) is 56.4 Å². The normalized spacial score (nSPS) is 11.7. The van der Waals surface area contributed by atoms with Crippen LogP contribution in [0.4, 0.5) is 4.79 Å². The number of Topliss-reactive ketones (excluding diaryl/α,β-unsaturated/α-hetero) is 1. The van der Waals surface area contributed by atoms with Gasteiger partial charge in [-0.2, -0.15) is 0 Å². The minimum absolute atomic E-state index is 0.0576. The van der Waals surface area contributed by atoms with E-state index in [-0.39, 0.29) is 25.4 Å². The fourth-order valence-corrected chi connectivity index (χ4v) is 3.26. The Bertz CT molecular complexity index is 740. The number of methoxy groups -OCH3 is 1. The van der Waals surface area contributed by atoms with E-state index in [4.69, 9.17) is 18.9 Å². The standard InChI is InChI=1S/C27H40O7/c1-4-6-8-10-11-13-24(34-27(30)32-20-12-9-7-5-2)18-19-26(29)33-21-25(28)22-14-16-23(31-3)17-15-22/h7,9,14-17,24H,4-6,8,10-13,18-21H2,1-3H3/b9-7+. The molecular formula is C27H40O7. The molecule has 0 saturated carbocycles. The first-order valence-corrected chi connectivity index (χ1v) is 12.3. The summed E-state index contributed by atoms with van der Waals surface area (Å²) in [5.74, 6) is -0.148. The lowest BCUT2D eigenvalue weighted by Gasteiger charge is -2.17. The molecule has 0 radical (unpaired) electrons. The predicted molar refractivity (Wildman–Crippen MR) is 131 cm³/mol. The molecule has 0 aliphatic heterocycles. The van der Waals surface area contributed by atoms with Crippen LogP contribution in [0.5, 0.6) is 5.75 Å². The van der Waals surface area contributed by atoms with Crippen LogP contribution in [0, 0.1) is 0 Å². The van der Waals surface area contributed by atoms with Gasteiger partial charge < -0.3 is 18.9 Å². The van der Waals surface area contributed by atoms with E-state index in [1.54, 1.807) is 31.4 Å². The molecule has 0 amide bonds. The number of carbonyl (C=O) groups excluding carboxylic acids is 3. The van der Waals surface area contributed by atoms with Crippen molar-refractivity contribution >= 4 is 17.9 Å². The summed E-state index contributed by atoms with van der Waals surface area (Å²) in [5, 5.41) is 0. The summed E-state index contributed by atoms with van der Waals surface area (Å²) in [6, 6.07) is 6.61. The van der Waals surface area contributed by atoms with E-state index in [1.807, 2.05) is 19.1 Å². The average molecular weight is 477 g/mol. The minimum atomic E-state index is -0.716. The second-order valence-corrected chi connectivity index (χ2v) is 8.06. The highest BCUT2D eigenvalue weighted by atomic mass is 16.7. The second kappa shape index (κ2) is 18.6. The molecule has 0 aliphatic rings. The number of unbranched alkanes of at least 4 members (excludes halogenated alkanes) is 4. The summed E-state index contributed by atoms with van der Waals surface area (Å²) >= 11 is 0. The van der Waals surface area contributed by atoms with Crippen LogP contribution in [0.1, 0.15) is 88.4 Å². The van der Waals surface area contributed by atoms with Gasteiger partial charge >= 0.3 is 12.1 Å². The van der Waals surface area contributed by atoms with Crippen LogP contribution in [0.3, 0.4) is 0 Å². The van der Waals surface area contributed by atoms with Crippen molar-refractivity contribution in [3.05, 3.63) is 42.0 Å². The molecule has 7 heteroatoms. The van der Waals surface area contributed by atoms with E-state index in [2.05, 4.69) is 6.92 Å². The Morgan fingerprint density at radius 3 is 2.32 bits per heavy atom. The maximum Gasteiger partial charge on any atom is 0.508 e. The molecule has 1 aromatic carbocycles. The lowest BCUT2D eigenvalue weighted by atomic mass is 10.0. The molecule has 190 valence electrons. The van der Waals surface area contributed by atoms with Crippen LogP contribution in [0.15, 0.2) is 36.4 Å². The third-order valence-corrected chi connectivity index (χ3v) is 5.25. The zero-order valence-electron chi connectivity index (χ0n) is 20.9. The summed E-state index contributed by atoms with van der Waals surface area (Å²) in [5.41, 5.74) is 0.443. The van der Waals surface area contributed by atoms with E-state index in [9.17, 15) is 14.4 Å². The van der Waals surface area contributed by atoms with Gasteiger partial charge in [0.1, 0.15) is 11.9 Å². The highest BCUT2D eigenvalue weighted by molar-refractivity contribution is 5.98. The first kappa shape index (κ1) is 29.2. The van der Waals surface area contributed by atoms with Crippen molar-refractivity contribution in [2.75, 3.05) is 20.3 Å². The lowest BCUT2D eigenvalue weighted by molar-refractivity contribution is -0.143. The average Bonchev–Trinajstić information content (AvgIpc) is 2.85. The number of benzene rings is 1. The van der Waals surface area contributed by atoms with Gasteiger partial charge in [-0.3, -0.25) is 9.59 Å². The Kier molecular flexibility index (Phi) is 16.0. The zero-order chi connectivity index (χ0) is 25.0. The molecule has 1 aromatic rings. The molecule has 0 fully saturated rings. The van der Waals surface area contributed by atoms with E-state index >= 15 is 0 Å². The molecule has 7 nitrogen and oxygen atoms in total. The smallest absolute Gasteiger partial charge is 0.497 e. The van der Waals surface area contributed by atoms with Crippen LogP contribution >= 0.6 is 0 Å². The molecular weight excluding hydrogens is 436 g/mol. The number of hydrogen-bond acceptors (Lipinski definition) is 7. The molecule has 0 spiro atoms. The van der Waals surface area contributed by atoms with Crippen LogP contribution in [-0.4, -0.2) is 44.3 Å². The van der Waals surface area contributed by atoms with Crippen LogP contribution in [0.25, 0.3) is 0 Å². The summed E-state index contributed by atoms with van der Waals surface area (Å²) in [4.78, 5) is 36.4. The highest BCUT2D eigenvalue weighted by Crippen LogP contribution is 2.16. The maximum absolute atomic E-state index is 12.2. The van der Waals surface area contributed by atoms with Crippen molar-refractivity contribution in [1.82, 2.24) is 0 Å². The molecule has 0 saturated heterocycles. The van der Waals surface area contributed by atoms with Crippen molar-refractivity contribution < 1.29 is 33.3 Å². The molecule has 0 aromatic heterocycles. The van der Waals surface area contributed by atoms with Gasteiger partial charge in [0.25, 0.3) is 0 Å². The van der Waals surface area contributed by atoms with Gasteiger partial charge in [0.2, 0.25) is 0 Å². The number of rotatable bonds is 18. The molecule has 1 unspecified atom stereocenters. The molecule has 0 bridgehead atoms. The number of allylic oxidation sites excluding steroid dienone is 1. The zero-order valence-corrected chi connectivity index (χ0v) is 20.9. The van der Waals surface area contributed by atoms with E-state index in [0.717, 1.165) is 32.1 Å². The topological polar surface area (TPSA) is 88.1 Å². The third-order valence-electron chi connectivity index (χ3n) is 5.25. The summed E-state index contributed by atoms with van der Waals surface area (Å²) < 4.78 is 20.8. The highest BCUT2D eigenvalue weighted by Gasteiger charge is 2.18. The second-order valence-electron chi connectivity index (χ2n) is 8.06. The SMILES string of the molecule is CC/C=C/CCOC(=O)OC(CCCCCCC)CCC(=O)OCC(=O)c1ccc(OC)cc1. The maximum atomic E-state index is 12.2. The van der Waals surface area contributed by atoms with Crippen molar-refractivity contribution in [3.63, 3.8) is 0 Å². The fraction of sp³-hybridized carbons (Fsp3) is 0.593. The van der Waals surface area contributed by atoms with Gasteiger partial charge in [0.05, 0.1) is 13.7 Å². The van der Waals surface area contributed by atoms with Gasteiger partial charge in [0, 0.05) is 12.0 Å². The Morgan fingerprint density at radius 1 is 0.912 bits per heavy atom. The molecule has 0 aliphatic carbocycles. The van der Waals surface area contributed by atoms with E-state index in [0.29, 0.717) is 30.6 Å². The predicted octanol–water partition coefficient (Wildman–Crippen LogP) is 6.44. The summed E-state index contributed by atoms with van der Waals surface area (Å²) in [7, 11) is 1.55. The minimum Gasteiger partial charge on any atom is -0.497 e. The number of ketones is 1. The van der Waals surface area contributed by atoms with E-state index < -0.39 is 18.2 Å². The lowest BCUT2D eigenvalue weighted by Crippen LogP contribution is -2.22. The monoisotopic (exact) mass is 476 g/mol. The van der Waals surface area contributed by atoms with Crippen LogP contribution in [-0.2, 0) is 19.0 Å². The van der Waals surface area contributed by atoms with Gasteiger partial charge in [-0.1, -0.05) is 51.7 Å². The number of hydrogen-bond donors (Lipinski definition) is 0. The number of carbonyl (C=O) groups is 3. The van der Waals surface area contributed by atoms with Crippen molar-refractivity contribution in [2.45, 2.75) is 84.2 Å². The summed E-state index contributed by atoms with van der Waals surface area (Å²) in [6.07, 6.45) is 10.9. The molecule has 1 atom stereocenters. The van der Waals surface area contributed by atoms with Crippen molar-refractivity contribution in [3.8, 4) is 5.75 Å². The summed E-state index contributed by atoms with van der Waals surface area (Å²) in [6.45, 7) is 4.12. The van der Waals surface area contributed by atoms with Gasteiger partial charge in [0.15, 0.2) is 12.4 Å². The molecule has 34 heavy (non-hydrogen) atoms. The van der Waals surface area contributed by atoms with Gasteiger partial charge in [-0.25, -0.2) is 4.79 Å². The van der Waals surface area contributed by atoms with E-state index in [1.165, 1.54) is 6.42 Å². The number of ether oxygens (including phenoxy) is 4.